The van der Waals surface area contributed by atoms with E-state index in [1.165, 1.54) is 295 Å². The van der Waals surface area contributed by atoms with Gasteiger partial charge in [0.05, 0.1) is 0 Å². The van der Waals surface area contributed by atoms with Crippen LogP contribution in [0.3, 0.4) is 0 Å². The van der Waals surface area contributed by atoms with E-state index in [0.29, 0.717) is 19.3 Å². The molecule has 460 valence electrons. The van der Waals surface area contributed by atoms with E-state index in [0.717, 1.165) is 64.2 Å². The van der Waals surface area contributed by atoms with Gasteiger partial charge in [-0.1, -0.05) is 353 Å². The van der Waals surface area contributed by atoms with Crippen LogP contribution in [-0.4, -0.2) is 37.2 Å². The maximum absolute atomic E-state index is 12.9. The van der Waals surface area contributed by atoms with E-state index in [1.54, 1.807) is 0 Å². The monoisotopic (exact) mass is 1100 g/mol. The predicted molar refractivity (Wildman–Crippen MR) is 340 cm³/mol. The molecular weight excluding hydrogens is 961 g/mol. The lowest BCUT2D eigenvalue weighted by molar-refractivity contribution is -0.167. The minimum Gasteiger partial charge on any atom is -0.462 e. The molecule has 0 aromatic rings. The minimum absolute atomic E-state index is 0.0633. The fraction of sp³-hybridized carbons (Fsp3) is 0.903. The fourth-order valence-corrected chi connectivity index (χ4v) is 10.9. The fourth-order valence-electron chi connectivity index (χ4n) is 10.9. The van der Waals surface area contributed by atoms with Crippen LogP contribution in [-0.2, 0) is 28.6 Å². The van der Waals surface area contributed by atoms with E-state index in [4.69, 9.17) is 14.2 Å². The van der Waals surface area contributed by atoms with Crippen molar-refractivity contribution in [3.8, 4) is 0 Å². The van der Waals surface area contributed by atoms with Crippen LogP contribution in [0.1, 0.15) is 400 Å². The molecule has 0 spiro atoms. The lowest BCUT2D eigenvalue weighted by Crippen LogP contribution is -2.30. The number of ether oxygens (including phenoxy) is 3. The van der Waals surface area contributed by atoms with Crippen LogP contribution in [0.15, 0.2) is 24.3 Å². The molecule has 1 unspecified atom stereocenters. The maximum Gasteiger partial charge on any atom is 0.306 e. The molecular formula is C72H136O6. The summed E-state index contributed by atoms with van der Waals surface area (Å²) in [4.78, 5) is 38.2. The van der Waals surface area contributed by atoms with Crippen molar-refractivity contribution in [3.05, 3.63) is 24.3 Å². The summed E-state index contributed by atoms with van der Waals surface area (Å²) in [6.07, 6.45) is 82.4. The summed E-state index contributed by atoms with van der Waals surface area (Å²) < 4.78 is 16.9. The Morgan fingerprint density at radius 1 is 0.256 bits per heavy atom. The van der Waals surface area contributed by atoms with Gasteiger partial charge in [0.2, 0.25) is 0 Å². The van der Waals surface area contributed by atoms with E-state index in [-0.39, 0.29) is 31.1 Å². The van der Waals surface area contributed by atoms with Gasteiger partial charge in [0, 0.05) is 19.3 Å². The number of rotatable bonds is 66. The van der Waals surface area contributed by atoms with E-state index in [2.05, 4.69) is 45.1 Å². The van der Waals surface area contributed by atoms with E-state index < -0.39 is 6.10 Å². The Bertz CT molecular complexity index is 1260. The van der Waals surface area contributed by atoms with Crippen LogP contribution in [0.4, 0.5) is 0 Å². The third-order valence-electron chi connectivity index (χ3n) is 16.2. The molecule has 0 amide bonds. The first-order valence-electron chi connectivity index (χ1n) is 35.3. The molecule has 0 aromatic heterocycles. The molecule has 6 heteroatoms. The molecule has 0 saturated carbocycles. The number of allylic oxidation sites excluding steroid dienone is 4. The quantitative estimate of drug-likeness (QED) is 0.0261. The smallest absolute Gasteiger partial charge is 0.306 e. The Labute approximate surface area is 487 Å². The summed E-state index contributed by atoms with van der Waals surface area (Å²) in [6, 6.07) is 0. The van der Waals surface area contributed by atoms with Crippen molar-refractivity contribution in [1.82, 2.24) is 0 Å². The zero-order chi connectivity index (χ0) is 56.4. The number of carbonyl (C=O) groups excluding carboxylic acids is 3. The summed E-state index contributed by atoms with van der Waals surface area (Å²) in [5.74, 6) is -0.838. The molecule has 1 atom stereocenters. The molecule has 0 aliphatic rings. The van der Waals surface area contributed by atoms with Gasteiger partial charge in [0.25, 0.3) is 0 Å². The van der Waals surface area contributed by atoms with Crippen LogP contribution in [0.2, 0.25) is 0 Å². The van der Waals surface area contributed by atoms with Crippen molar-refractivity contribution in [2.45, 2.75) is 406 Å². The zero-order valence-corrected chi connectivity index (χ0v) is 53.0. The van der Waals surface area contributed by atoms with Gasteiger partial charge >= 0.3 is 17.9 Å². The Morgan fingerprint density at radius 3 is 0.705 bits per heavy atom. The summed E-state index contributed by atoms with van der Waals surface area (Å²) in [6.45, 7) is 6.67. The largest absolute Gasteiger partial charge is 0.462 e. The van der Waals surface area contributed by atoms with Crippen LogP contribution >= 0.6 is 0 Å². The Morgan fingerprint density at radius 2 is 0.462 bits per heavy atom. The van der Waals surface area contributed by atoms with Crippen LogP contribution < -0.4 is 0 Å². The lowest BCUT2D eigenvalue weighted by Gasteiger charge is -2.18. The van der Waals surface area contributed by atoms with E-state index >= 15 is 0 Å². The van der Waals surface area contributed by atoms with E-state index in [9.17, 15) is 14.4 Å². The zero-order valence-electron chi connectivity index (χ0n) is 53.0. The van der Waals surface area contributed by atoms with Crippen LogP contribution in [0, 0.1) is 0 Å². The lowest BCUT2D eigenvalue weighted by atomic mass is 10.0. The van der Waals surface area contributed by atoms with Gasteiger partial charge in [-0.2, -0.15) is 0 Å². The molecule has 78 heavy (non-hydrogen) atoms. The van der Waals surface area contributed by atoms with Gasteiger partial charge in [-0.15, -0.1) is 0 Å². The topological polar surface area (TPSA) is 78.9 Å². The highest BCUT2D eigenvalue weighted by Gasteiger charge is 2.19. The Hall–Kier alpha value is -2.11. The summed E-state index contributed by atoms with van der Waals surface area (Å²) in [5, 5.41) is 0. The first-order valence-corrected chi connectivity index (χ1v) is 35.3. The molecule has 0 aliphatic carbocycles. The average Bonchev–Trinajstić information content (AvgIpc) is 3.44. The average molecular weight is 1100 g/mol. The highest BCUT2D eigenvalue weighted by molar-refractivity contribution is 5.71. The van der Waals surface area contributed by atoms with Crippen LogP contribution in [0.5, 0.6) is 0 Å². The molecule has 0 aliphatic heterocycles. The molecule has 0 saturated heterocycles. The SMILES string of the molecule is CCCCCCC/C=C\C/C=C\CCCCCCCCCCCCCCCCCCCCCCCCCC(=O)OCC(COC(=O)CCCCCCCCCC)OC(=O)CCCCCCCCCCCCCCCCCCC. The standard InChI is InChI=1S/C72H136O6/c1-4-7-10-13-16-19-21-23-25-27-28-29-30-31-32-33-34-35-36-37-38-39-40-41-42-43-44-46-47-49-51-53-56-59-62-65-71(74)77-68-69(67-76-70(73)64-61-58-55-18-15-12-9-6-3)78-72(75)66-63-60-57-54-52-50-48-45-26-24-22-20-17-14-11-8-5-2/h21,23,27-28,69H,4-20,22,24-26,29-68H2,1-3H3/b23-21-,28-27-. The summed E-state index contributed by atoms with van der Waals surface area (Å²) >= 11 is 0. The van der Waals surface area contributed by atoms with Gasteiger partial charge < -0.3 is 14.2 Å². The van der Waals surface area contributed by atoms with Crippen molar-refractivity contribution < 1.29 is 28.6 Å². The van der Waals surface area contributed by atoms with Crippen molar-refractivity contribution in [2.75, 3.05) is 13.2 Å². The first-order chi connectivity index (χ1) is 38.5. The van der Waals surface area contributed by atoms with Crippen LogP contribution in [0.25, 0.3) is 0 Å². The van der Waals surface area contributed by atoms with Crippen molar-refractivity contribution >= 4 is 17.9 Å². The Balaban J connectivity index is 3.94. The van der Waals surface area contributed by atoms with Gasteiger partial charge in [-0.25, -0.2) is 0 Å². The molecule has 6 nitrogen and oxygen atoms in total. The number of hydrogen-bond donors (Lipinski definition) is 0. The highest BCUT2D eigenvalue weighted by Crippen LogP contribution is 2.19. The Kier molecular flexibility index (Phi) is 65.6. The minimum atomic E-state index is -0.763. The molecule has 0 fully saturated rings. The summed E-state index contributed by atoms with van der Waals surface area (Å²) in [5.41, 5.74) is 0. The van der Waals surface area contributed by atoms with Gasteiger partial charge in [0.15, 0.2) is 6.10 Å². The molecule has 0 radical (unpaired) electrons. The number of esters is 3. The normalized spacial score (nSPS) is 12.1. The molecule has 0 N–H and O–H groups in total. The highest BCUT2D eigenvalue weighted by atomic mass is 16.6. The van der Waals surface area contributed by atoms with E-state index in [1.807, 2.05) is 0 Å². The molecule has 0 aromatic carbocycles. The molecule has 0 bridgehead atoms. The second-order valence-corrected chi connectivity index (χ2v) is 24.2. The molecule has 0 heterocycles. The van der Waals surface area contributed by atoms with Gasteiger partial charge in [-0.3, -0.25) is 14.4 Å². The predicted octanol–water partition coefficient (Wildman–Crippen LogP) is 24.2. The maximum atomic E-state index is 12.9. The number of carbonyl (C=O) groups is 3. The van der Waals surface area contributed by atoms with Gasteiger partial charge in [0.1, 0.15) is 13.2 Å². The number of unbranched alkanes of at least 4 members (excludes halogenated alkanes) is 51. The van der Waals surface area contributed by atoms with Crippen molar-refractivity contribution in [2.24, 2.45) is 0 Å². The van der Waals surface area contributed by atoms with Gasteiger partial charge in [-0.05, 0) is 51.4 Å². The third-order valence-corrected chi connectivity index (χ3v) is 16.2. The summed E-state index contributed by atoms with van der Waals surface area (Å²) in [7, 11) is 0. The first kappa shape index (κ1) is 75.9. The van der Waals surface area contributed by atoms with Crippen molar-refractivity contribution in [1.29, 1.82) is 0 Å². The second kappa shape index (κ2) is 67.4. The second-order valence-electron chi connectivity index (χ2n) is 24.2. The third kappa shape index (κ3) is 64.7. The number of hydrogen-bond acceptors (Lipinski definition) is 6. The van der Waals surface area contributed by atoms with Crippen molar-refractivity contribution in [3.63, 3.8) is 0 Å². The molecule has 0 rings (SSSR count).